The van der Waals surface area contributed by atoms with Crippen molar-refractivity contribution >= 4 is 12.2 Å². The third kappa shape index (κ3) is 1.83. The summed E-state index contributed by atoms with van der Waals surface area (Å²) < 4.78 is 4.71. The van der Waals surface area contributed by atoms with E-state index in [4.69, 9.17) is 9.78 Å². The normalized spacial score (nSPS) is 10.1. The van der Waals surface area contributed by atoms with Crippen LogP contribution in [0, 0.1) is 11.3 Å². The third-order valence-corrected chi connectivity index (χ3v) is 1.08. The number of hydrogen-bond donors (Lipinski definition) is 0. The summed E-state index contributed by atoms with van der Waals surface area (Å²) in [6, 6.07) is 1.91. The van der Waals surface area contributed by atoms with Crippen molar-refractivity contribution in [3.05, 3.63) is 11.8 Å². The Morgan fingerprint density at radius 3 is 3.08 bits per heavy atom. The fraction of sp³-hybridized carbons (Fsp3) is 0.286. The Bertz CT molecular complexity index is 320. The highest BCUT2D eigenvalue weighted by atomic mass is 16.5. The van der Waals surface area contributed by atoms with Crippen LogP contribution in [0.3, 0.4) is 0 Å². The topological polar surface area (TPSA) is 65.4 Å². The highest BCUT2D eigenvalue weighted by Gasteiger charge is 2.03. The molecule has 0 saturated heterocycles. The van der Waals surface area contributed by atoms with Gasteiger partial charge in [0.25, 0.3) is 5.88 Å². The molecule has 0 aliphatic heterocycles. The predicted octanol–water partition coefficient (Wildman–Crippen LogP) is 0.768. The van der Waals surface area contributed by atoms with Crippen molar-refractivity contribution in [1.29, 1.82) is 5.26 Å². The molecule has 0 atom stereocenters. The summed E-state index contributed by atoms with van der Waals surface area (Å²) >= 11 is 0. The minimum atomic E-state index is 0.242. The van der Waals surface area contributed by atoms with E-state index in [0.29, 0.717) is 5.56 Å². The van der Waals surface area contributed by atoms with E-state index in [-0.39, 0.29) is 5.88 Å². The molecule has 5 nitrogen and oxygen atoms in total. The van der Waals surface area contributed by atoms with E-state index >= 15 is 0 Å². The number of nitrogens with zero attached hydrogens (tertiary/aromatic N) is 4. The maximum atomic E-state index is 8.54. The zero-order chi connectivity index (χ0) is 8.97. The van der Waals surface area contributed by atoms with Crippen molar-refractivity contribution in [1.82, 2.24) is 10.1 Å². The molecule has 0 aliphatic carbocycles. The number of rotatable bonds is 2. The first-order chi connectivity index (χ1) is 5.74. The maximum absolute atomic E-state index is 8.54. The minimum Gasteiger partial charge on any atom is -0.369 e. The van der Waals surface area contributed by atoms with Gasteiger partial charge in [0.1, 0.15) is 11.6 Å². The van der Waals surface area contributed by atoms with Crippen molar-refractivity contribution in [3.8, 4) is 6.07 Å². The number of aromatic nitrogens is 1. The molecule has 0 aromatic carbocycles. The molecular formula is C7H8N4O. The average Bonchev–Trinajstić information content (AvgIpc) is 2.47. The largest absolute Gasteiger partial charge is 0.369 e. The first kappa shape index (κ1) is 8.27. The SMILES string of the molecule is CN(C)C=Nc1oncc1C#N. The summed E-state index contributed by atoms with van der Waals surface area (Å²) in [5.74, 6) is 0.242. The van der Waals surface area contributed by atoms with Crippen LogP contribution in [0.25, 0.3) is 0 Å². The van der Waals surface area contributed by atoms with Gasteiger partial charge in [-0.1, -0.05) is 5.16 Å². The second kappa shape index (κ2) is 3.53. The summed E-state index contributed by atoms with van der Waals surface area (Å²) in [4.78, 5) is 5.63. The van der Waals surface area contributed by atoms with E-state index in [1.807, 2.05) is 20.2 Å². The third-order valence-electron chi connectivity index (χ3n) is 1.08. The van der Waals surface area contributed by atoms with E-state index < -0.39 is 0 Å². The second-order valence-electron chi connectivity index (χ2n) is 2.36. The van der Waals surface area contributed by atoms with Crippen LogP contribution in [0.5, 0.6) is 0 Å². The molecule has 62 valence electrons. The molecule has 0 amide bonds. The summed E-state index contributed by atoms with van der Waals surface area (Å²) in [6.07, 6.45) is 2.88. The van der Waals surface area contributed by atoms with E-state index in [2.05, 4.69) is 10.1 Å². The molecular weight excluding hydrogens is 156 g/mol. The maximum Gasteiger partial charge on any atom is 0.269 e. The molecule has 0 spiro atoms. The van der Waals surface area contributed by atoms with Crippen LogP contribution in [0.15, 0.2) is 15.7 Å². The van der Waals surface area contributed by atoms with E-state index in [9.17, 15) is 0 Å². The van der Waals surface area contributed by atoms with Crippen LogP contribution >= 0.6 is 0 Å². The minimum absolute atomic E-state index is 0.242. The molecule has 1 heterocycles. The lowest BCUT2D eigenvalue weighted by atomic mass is 10.4. The zero-order valence-electron chi connectivity index (χ0n) is 6.85. The van der Waals surface area contributed by atoms with E-state index in [1.54, 1.807) is 11.2 Å². The Kier molecular flexibility index (Phi) is 2.43. The van der Waals surface area contributed by atoms with Crippen LogP contribution in [0.4, 0.5) is 5.88 Å². The summed E-state index contributed by atoms with van der Waals surface area (Å²) in [6.45, 7) is 0. The molecule has 0 saturated carbocycles. The molecule has 0 bridgehead atoms. The van der Waals surface area contributed by atoms with Crippen LogP contribution in [-0.2, 0) is 0 Å². The fourth-order valence-electron chi connectivity index (χ4n) is 0.571. The van der Waals surface area contributed by atoms with Crippen LogP contribution in [0.2, 0.25) is 0 Å². The Morgan fingerprint density at radius 2 is 2.50 bits per heavy atom. The van der Waals surface area contributed by atoms with Gasteiger partial charge in [0.05, 0.1) is 12.5 Å². The Morgan fingerprint density at radius 1 is 1.75 bits per heavy atom. The first-order valence-corrected chi connectivity index (χ1v) is 3.29. The van der Waals surface area contributed by atoms with Gasteiger partial charge in [0.2, 0.25) is 0 Å². The quantitative estimate of drug-likeness (QED) is 0.478. The van der Waals surface area contributed by atoms with Crippen molar-refractivity contribution in [2.75, 3.05) is 14.1 Å². The van der Waals surface area contributed by atoms with Crippen molar-refractivity contribution < 1.29 is 4.52 Å². The van der Waals surface area contributed by atoms with Gasteiger partial charge in [-0.05, 0) is 0 Å². The Labute approximate surface area is 69.9 Å². The van der Waals surface area contributed by atoms with Crippen LogP contribution in [0.1, 0.15) is 5.56 Å². The van der Waals surface area contributed by atoms with Crippen LogP contribution in [-0.4, -0.2) is 30.5 Å². The van der Waals surface area contributed by atoms with Gasteiger partial charge in [-0.25, -0.2) is 4.99 Å². The molecule has 1 aromatic rings. The monoisotopic (exact) mass is 164 g/mol. The molecule has 0 N–H and O–H groups in total. The fourth-order valence-corrected chi connectivity index (χ4v) is 0.571. The number of nitriles is 1. The molecule has 1 aromatic heterocycles. The summed E-state index contributed by atoms with van der Waals surface area (Å²) in [5.41, 5.74) is 0.341. The molecule has 0 fully saturated rings. The highest BCUT2D eigenvalue weighted by Crippen LogP contribution is 2.15. The molecule has 5 heteroatoms. The van der Waals surface area contributed by atoms with Crippen molar-refractivity contribution in [2.24, 2.45) is 4.99 Å². The Hall–Kier alpha value is -1.83. The molecule has 0 aliphatic rings. The van der Waals surface area contributed by atoms with E-state index in [0.717, 1.165) is 0 Å². The summed E-state index contributed by atoms with van der Waals surface area (Å²) in [7, 11) is 3.65. The molecule has 0 radical (unpaired) electrons. The lowest BCUT2D eigenvalue weighted by Gasteiger charge is -1.99. The number of aliphatic imine (C=N–C) groups is 1. The van der Waals surface area contributed by atoms with Gasteiger partial charge in [-0.15, -0.1) is 0 Å². The van der Waals surface area contributed by atoms with E-state index in [1.165, 1.54) is 6.20 Å². The second-order valence-corrected chi connectivity index (χ2v) is 2.36. The van der Waals surface area contributed by atoms with Crippen LogP contribution < -0.4 is 0 Å². The average molecular weight is 164 g/mol. The zero-order valence-corrected chi connectivity index (χ0v) is 6.85. The predicted molar refractivity (Wildman–Crippen MR) is 43.1 cm³/mol. The molecule has 12 heavy (non-hydrogen) atoms. The highest BCUT2D eigenvalue weighted by molar-refractivity contribution is 5.60. The van der Waals surface area contributed by atoms with Crippen molar-refractivity contribution in [3.63, 3.8) is 0 Å². The molecule has 0 unspecified atom stereocenters. The standard InChI is InChI=1S/C7H8N4O/c1-11(2)5-9-7-6(3-8)4-10-12-7/h4-5H,1-2H3. The lowest BCUT2D eigenvalue weighted by molar-refractivity contribution is 0.429. The Balaban J connectivity index is 2.83. The van der Waals surface area contributed by atoms with Gasteiger partial charge >= 0.3 is 0 Å². The van der Waals surface area contributed by atoms with Gasteiger partial charge in [0.15, 0.2) is 0 Å². The van der Waals surface area contributed by atoms with Gasteiger partial charge < -0.3 is 9.42 Å². The van der Waals surface area contributed by atoms with Gasteiger partial charge in [-0.2, -0.15) is 5.26 Å². The molecule has 1 rings (SSSR count). The first-order valence-electron chi connectivity index (χ1n) is 3.29. The summed E-state index contributed by atoms with van der Waals surface area (Å²) in [5, 5.41) is 12.0. The smallest absolute Gasteiger partial charge is 0.269 e. The van der Waals surface area contributed by atoms with Gasteiger partial charge in [-0.3, -0.25) is 0 Å². The van der Waals surface area contributed by atoms with Gasteiger partial charge in [0, 0.05) is 14.1 Å². The van der Waals surface area contributed by atoms with Crippen molar-refractivity contribution in [2.45, 2.75) is 0 Å². The lowest BCUT2D eigenvalue weighted by Crippen LogP contribution is -2.06. The number of hydrogen-bond acceptors (Lipinski definition) is 4.